The zero-order valence-corrected chi connectivity index (χ0v) is 14.3. The van der Waals surface area contributed by atoms with Crippen LogP contribution >= 0.6 is 0 Å². The largest absolute Gasteiger partial charge is 0.494 e. The molecule has 24 heavy (non-hydrogen) atoms. The molecule has 1 aliphatic carbocycles. The Hall–Kier alpha value is -1.59. The van der Waals surface area contributed by atoms with E-state index in [9.17, 15) is 9.90 Å². The van der Waals surface area contributed by atoms with Gasteiger partial charge in [0, 0.05) is 38.6 Å². The van der Waals surface area contributed by atoms with Crippen LogP contribution in [0.1, 0.15) is 32.1 Å². The normalized spacial score (nSPS) is 25.0. The number of amides is 1. The molecular weight excluding hydrogens is 304 g/mol. The van der Waals surface area contributed by atoms with Crippen molar-refractivity contribution in [2.75, 3.05) is 32.8 Å². The predicted molar refractivity (Wildman–Crippen MR) is 93.0 cm³/mol. The van der Waals surface area contributed by atoms with Gasteiger partial charge in [0.2, 0.25) is 5.91 Å². The van der Waals surface area contributed by atoms with Gasteiger partial charge in [-0.2, -0.15) is 0 Å². The molecule has 1 heterocycles. The fourth-order valence-electron chi connectivity index (χ4n) is 3.74. The molecule has 0 aromatic heterocycles. The summed E-state index contributed by atoms with van der Waals surface area (Å²) in [5, 5.41) is 10.0. The molecule has 5 nitrogen and oxygen atoms in total. The average Bonchev–Trinajstić information content (AvgIpc) is 3.05. The molecule has 2 aliphatic rings. The Kier molecular flexibility index (Phi) is 6.10. The highest BCUT2D eigenvalue weighted by Gasteiger charge is 2.33. The number of rotatable bonds is 6. The summed E-state index contributed by atoms with van der Waals surface area (Å²) < 4.78 is 5.63. The van der Waals surface area contributed by atoms with E-state index in [4.69, 9.17) is 4.74 Å². The van der Waals surface area contributed by atoms with Crippen LogP contribution in [0.5, 0.6) is 5.75 Å². The molecule has 1 aliphatic heterocycles. The van der Waals surface area contributed by atoms with Gasteiger partial charge in [-0.25, -0.2) is 0 Å². The van der Waals surface area contributed by atoms with Crippen molar-refractivity contribution in [3.05, 3.63) is 30.3 Å². The second-order valence-corrected chi connectivity index (χ2v) is 6.75. The summed E-state index contributed by atoms with van der Waals surface area (Å²) in [6.45, 7) is 3.90. The number of carbonyl (C=O) groups is 1. The molecule has 0 bridgehead atoms. The summed E-state index contributed by atoms with van der Waals surface area (Å²) in [5.74, 6) is 1.08. The third-order valence-electron chi connectivity index (χ3n) is 5.13. The number of aliphatic hydroxyl groups excluding tert-OH is 1. The summed E-state index contributed by atoms with van der Waals surface area (Å²) in [7, 11) is 0. The SMILES string of the molecule is O=C(CCCOc1ccccc1)N1CCN([C@@H]2CCC[C@@H]2O)CC1. The lowest BCUT2D eigenvalue weighted by Gasteiger charge is -2.39. The number of piperazine rings is 1. The van der Waals surface area contributed by atoms with Gasteiger partial charge in [0.15, 0.2) is 0 Å². The first-order valence-corrected chi connectivity index (χ1v) is 9.12. The van der Waals surface area contributed by atoms with Crippen molar-refractivity contribution in [3.63, 3.8) is 0 Å². The number of ether oxygens (including phenoxy) is 1. The zero-order valence-electron chi connectivity index (χ0n) is 14.3. The smallest absolute Gasteiger partial charge is 0.222 e. The quantitative estimate of drug-likeness (QED) is 0.809. The van der Waals surface area contributed by atoms with E-state index < -0.39 is 0 Å². The van der Waals surface area contributed by atoms with Gasteiger partial charge in [0.05, 0.1) is 12.7 Å². The highest BCUT2D eigenvalue weighted by molar-refractivity contribution is 5.76. The van der Waals surface area contributed by atoms with Crippen LogP contribution in [-0.2, 0) is 4.79 Å². The van der Waals surface area contributed by atoms with Gasteiger partial charge >= 0.3 is 0 Å². The molecule has 5 heteroatoms. The van der Waals surface area contributed by atoms with Crippen molar-refractivity contribution in [3.8, 4) is 5.75 Å². The first kappa shape index (κ1) is 17.2. The minimum atomic E-state index is -0.178. The van der Waals surface area contributed by atoms with E-state index in [1.165, 1.54) is 0 Å². The van der Waals surface area contributed by atoms with E-state index >= 15 is 0 Å². The van der Waals surface area contributed by atoms with Crippen molar-refractivity contribution in [1.82, 2.24) is 9.80 Å². The number of carbonyl (C=O) groups excluding carboxylic acids is 1. The molecule has 1 aromatic carbocycles. The van der Waals surface area contributed by atoms with Crippen LogP contribution in [0.4, 0.5) is 0 Å². The van der Waals surface area contributed by atoms with E-state index in [1.807, 2.05) is 35.2 Å². The van der Waals surface area contributed by atoms with Gasteiger partial charge in [0.25, 0.3) is 0 Å². The highest BCUT2D eigenvalue weighted by Crippen LogP contribution is 2.25. The van der Waals surface area contributed by atoms with Crippen LogP contribution in [0.3, 0.4) is 0 Å². The summed E-state index contributed by atoms with van der Waals surface area (Å²) in [6, 6.07) is 10.0. The predicted octanol–water partition coefficient (Wildman–Crippen LogP) is 1.90. The van der Waals surface area contributed by atoms with E-state index in [0.29, 0.717) is 19.1 Å². The van der Waals surface area contributed by atoms with Gasteiger partial charge < -0.3 is 14.7 Å². The van der Waals surface area contributed by atoms with Crippen molar-refractivity contribution in [2.45, 2.75) is 44.2 Å². The fourth-order valence-corrected chi connectivity index (χ4v) is 3.74. The number of aliphatic hydroxyl groups is 1. The molecule has 1 aromatic rings. The third-order valence-corrected chi connectivity index (χ3v) is 5.13. The lowest BCUT2D eigenvalue weighted by molar-refractivity contribution is -0.133. The van der Waals surface area contributed by atoms with Crippen molar-refractivity contribution in [1.29, 1.82) is 0 Å². The number of hydrogen-bond acceptors (Lipinski definition) is 4. The number of nitrogens with zero attached hydrogens (tertiary/aromatic N) is 2. The standard InChI is InChI=1S/C19H28N2O3/c22-18-9-4-8-17(18)20-11-13-21(14-12-20)19(23)10-5-15-24-16-6-2-1-3-7-16/h1-3,6-7,17-18,22H,4-5,8-15H2/t17-,18+/m1/s1. The van der Waals surface area contributed by atoms with E-state index in [2.05, 4.69) is 4.90 Å². The van der Waals surface area contributed by atoms with Crippen LogP contribution in [0.25, 0.3) is 0 Å². The van der Waals surface area contributed by atoms with Crippen LogP contribution < -0.4 is 4.74 Å². The lowest BCUT2D eigenvalue weighted by atomic mass is 10.1. The molecule has 1 saturated heterocycles. The molecule has 2 fully saturated rings. The Morgan fingerprint density at radius 1 is 1.12 bits per heavy atom. The number of benzene rings is 1. The molecule has 0 unspecified atom stereocenters. The minimum absolute atomic E-state index is 0.178. The molecule has 2 atom stereocenters. The second-order valence-electron chi connectivity index (χ2n) is 6.75. The topological polar surface area (TPSA) is 53.0 Å². The Morgan fingerprint density at radius 2 is 1.88 bits per heavy atom. The molecule has 0 spiro atoms. The van der Waals surface area contributed by atoms with Crippen molar-refractivity contribution < 1.29 is 14.6 Å². The molecule has 0 radical (unpaired) electrons. The fraction of sp³-hybridized carbons (Fsp3) is 0.632. The van der Waals surface area contributed by atoms with Gasteiger partial charge in [-0.3, -0.25) is 9.69 Å². The summed E-state index contributed by atoms with van der Waals surface area (Å²) >= 11 is 0. The van der Waals surface area contributed by atoms with Crippen LogP contribution in [0.15, 0.2) is 30.3 Å². The highest BCUT2D eigenvalue weighted by atomic mass is 16.5. The summed E-state index contributed by atoms with van der Waals surface area (Å²) in [4.78, 5) is 16.6. The van der Waals surface area contributed by atoms with Gasteiger partial charge in [-0.15, -0.1) is 0 Å². The van der Waals surface area contributed by atoms with Crippen molar-refractivity contribution in [2.24, 2.45) is 0 Å². The van der Waals surface area contributed by atoms with E-state index in [-0.39, 0.29) is 12.0 Å². The maximum Gasteiger partial charge on any atom is 0.222 e. The van der Waals surface area contributed by atoms with Gasteiger partial charge in [0.1, 0.15) is 5.75 Å². The Balaban J connectivity index is 1.33. The molecule has 3 rings (SSSR count). The van der Waals surface area contributed by atoms with E-state index in [0.717, 1.165) is 57.6 Å². The number of hydrogen-bond donors (Lipinski definition) is 1. The second kappa shape index (κ2) is 8.49. The van der Waals surface area contributed by atoms with E-state index in [1.54, 1.807) is 0 Å². The maximum atomic E-state index is 12.3. The summed E-state index contributed by atoms with van der Waals surface area (Å²) in [6.07, 6.45) is 4.24. The van der Waals surface area contributed by atoms with Gasteiger partial charge in [-0.1, -0.05) is 18.2 Å². The van der Waals surface area contributed by atoms with Crippen LogP contribution in [0.2, 0.25) is 0 Å². The van der Waals surface area contributed by atoms with Gasteiger partial charge in [-0.05, 0) is 37.8 Å². The molecule has 1 saturated carbocycles. The Labute approximate surface area is 144 Å². The van der Waals surface area contributed by atoms with Crippen LogP contribution in [0, 0.1) is 0 Å². The number of para-hydroxylation sites is 1. The zero-order chi connectivity index (χ0) is 16.8. The van der Waals surface area contributed by atoms with Crippen molar-refractivity contribution >= 4 is 5.91 Å². The first-order chi connectivity index (χ1) is 11.7. The molecule has 1 amide bonds. The lowest BCUT2D eigenvalue weighted by Crippen LogP contribution is -2.53. The third kappa shape index (κ3) is 4.48. The molecule has 132 valence electrons. The molecular formula is C19H28N2O3. The Bertz CT molecular complexity index is 515. The Morgan fingerprint density at radius 3 is 2.54 bits per heavy atom. The first-order valence-electron chi connectivity index (χ1n) is 9.12. The minimum Gasteiger partial charge on any atom is -0.494 e. The maximum absolute atomic E-state index is 12.3. The summed E-state index contributed by atoms with van der Waals surface area (Å²) in [5.41, 5.74) is 0. The van der Waals surface area contributed by atoms with Crippen LogP contribution in [-0.4, -0.2) is 65.7 Å². The monoisotopic (exact) mass is 332 g/mol. The molecule has 1 N–H and O–H groups in total. The average molecular weight is 332 g/mol.